The van der Waals surface area contributed by atoms with Crippen molar-refractivity contribution in [2.24, 2.45) is 0 Å². The van der Waals surface area contributed by atoms with Gasteiger partial charge in [-0.25, -0.2) is 4.98 Å². The van der Waals surface area contributed by atoms with Gasteiger partial charge in [-0.2, -0.15) is 0 Å². The van der Waals surface area contributed by atoms with Gasteiger partial charge in [-0.3, -0.25) is 4.40 Å². The quantitative estimate of drug-likeness (QED) is 0.748. The number of imidazole rings is 1. The molecular weight excluding hydrogens is 174 g/mol. The molecular formula is C11H15N3. The number of pyridine rings is 1. The van der Waals surface area contributed by atoms with Crippen LogP contribution in [-0.2, 0) is 0 Å². The van der Waals surface area contributed by atoms with E-state index in [4.69, 9.17) is 5.73 Å². The maximum Gasteiger partial charge on any atom is 0.117 e. The fourth-order valence-electron chi connectivity index (χ4n) is 1.73. The lowest BCUT2D eigenvalue weighted by Gasteiger charge is -2.06. The summed E-state index contributed by atoms with van der Waals surface area (Å²) in [5.41, 5.74) is 8.08. The van der Waals surface area contributed by atoms with Crippen molar-refractivity contribution in [1.82, 2.24) is 9.38 Å². The average molecular weight is 189 g/mol. The van der Waals surface area contributed by atoms with Crippen LogP contribution in [0, 0.1) is 6.92 Å². The van der Waals surface area contributed by atoms with Crippen molar-refractivity contribution in [3.05, 3.63) is 29.7 Å². The van der Waals surface area contributed by atoms with Gasteiger partial charge in [0, 0.05) is 5.92 Å². The van der Waals surface area contributed by atoms with Crippen molar-refractivity contribution in [1.29, 1.82) is 0 Å². The highest BCUT2D eigenvalue weighted by atomic mass is 15.1. The van der Waals surface area contributed by atoms with E-state index in [2.05, 4.69) is 18.8 Å². The lowest BCUT2D eigenvalue weighted by atomic mass is 10.2. The van der Waals surface area contributed by atoms with Gasteiger partial charge in [0.25, 0.3) is 0 Å². The molecule has 0 aliphatic carbocycles. The Morgan fingerprint density at radius 1 is 1.36 bits per heavy atom. The second kappa shape index (κ2) is 3.01. The normalized spacial score (nSPS) is 11.4. The van der Waals surface area contributed by atoms with Gasteiger partial charge >= 0.3 is 0 Å². The van der Waals surface area contributed by atoms with E-state index in [1.54, 1.807) is 0 Å². The predicted molar refractivity (Wildman–Crippen MR) is 58.4 cm³/mol. The zero-order valence-corrected chi connectivity index (χ0v) is 8.78. The molecule has 3 nitrogen and oxygen atoms in total. The Labute approximate surface area is 83.6 Å². The summed E-state index contributed by atoms with van der Waals surface area (Å²) in [6.07, 6.45) is 0. The fraction of sp³-hybridized carbons (Fsp3) is 0.364. The topological polar surface area (TPSA) is 43.3 Å². The third kappa shape index (κ3) is 1.16. The number of hydrogen-bond acceptors (Lipinski definition) is 2. The van der Waals surface area contributed by atoms with Crippen LogP contribution < -0.4 is 5.73 Å². The lowest BCUT2D eigenvalue weighted by Crippen LogP contribution is -2.02. The summed E-state index contributed by atoms with van der Waals surface area (Å²) in [5.74, 6) is 2.18. The van der Waals surface area contributed by atoms with E-state index in [0.29, 0.717) is 5.92 Å². The van der Waals surface area contributed by atoms with E-state index in [1.807, 2.05) is 29.5 Å². The molecule has 0 radical (unpaired) electrons. The summed E-state index contributed by atoms with van der Waals surface area (Å²) < 4.78 is 2.03. The van der Waals surface area contributed by atoms with E-state index >= 15 is 0 Å². The average Bonchev–Trinajstić information content (AvgIpc) is 2.46. The second-order valence-corrected chi connectivity index (χ2v) is 3.88. The molecule has 0 aromatic carbocycles. The van der Waals surface area contributed by atoms with E-state index in [-0.39, 0.29) is 0 Å². The van der Waals surface area contributed by atoms with Crippen molar-refractivity contribution in [2.45, 2.75) is 26.7 Å². The standard InChI is InChI=1S/C11H15N3/c1-7(2)11-13-8(3)9-5-4-6-10(12)14(9)11/h4-7H,12H2,1-3H3. The van der Waals surface area contributed by atoms with E-state index < -0.39 is 0 Å². The molecule has 0 unspecified atom stereocenters. The smallest absolute Gasteiger partial charge is 0.117 e. The first-order chi connectivity index (χ1) is 6.61. The van der Waals surface area contributed by atoms with Crippen molar-refractivity contribution in [3.63, 3.8) is 0 Å². The first-order valence-electron chi connectivity index (χ1n) is 4.84. The van der Waals surface area contributed by atoms with Crippen LogP contribution in [0.5, 0.6) is 0 Å². The van der Waals surface area contributed by atoms with Crippen LogP contribution in [0.15, 0.2) is 18.2 Å². The Morgan fingerprint density at radius 2 is 2.07 bits per heavy atom. The number of nitrogens with zero attached hydrogens (tertiary/aromatic N) is 2. The van der Waals surface area contributed by atoms with Gasteiger partial charge in [0.15, 0.2) is 0 Å². The van der Waals surface area contributed by atoms with Crippen LogP contribution in [0.1, 0.15) is 31.3 Å². The molecule has 14 heavy (non-hydrogen) atoms. The Bertz CT molecular complexity index is 469. The molecule has 2 aromatic rings. The molecule has 0 saturated carbocycles. The number of fused-ring (bicyclic) bond motifs is 1. The van der Waals surface area contributed by atoms with E-state index in [0.717, 1.165) is 22.9 Å². The van der Waals surface area contributed by atoms with Crippen molar-refractivity contribution in [2.75, 3.05) is 5.73 Å². The van der Waals surface area contributed by atoms with Gasteiger partial charge in [-0.05, 0) is 19.1 Å². The molecule has 74 valence electrons. The minimum absolute atomic E-state index is 0.390. The van der Waals surface area contributed by atoms with Gasteiger partial charge in [0.2, 0.25) is 0 Å². The number of aromatic nitrogens is 2. The summed E-state index contributed by atoms with van der Waals surface area (Å²) >= 11 is 0. The van der Waals surface area contributed by atoms with Crippen LogP contribution in [-0.4, -0.2) is 9.38 Å². The van der Waals surface area contributed by atoms with E-state index in [1.165, 1.54) is 0 Å². The van der Waals surface area contributed by atoms with Crippen molar-refractivity contribution < 1.29 is 0 Å². The Morgan fingerprint density at radius 3 is 2.71 bits per heavy atom. The maximum atomic E-state index is 5.93. The minimum atomic E-state index is 0.390. The highest BCUT2D eigenvalue weighted by molar-refractivity contribution is 5.58. The molecule has 2 rings (SSSR count). The molecule has 0 saturated heterocycles. The Hall–Kier alpha value is -1.51. The molecule has 0 bridgehead atoms. The van der Waals surface area contributed by atoms with Crippen molar-refractivity contribution >= 4 is 11.3 Å². The SMILES string of the molecule is Cc1nc(C(C)C)n2c(N)cccc12. The molecule has 0 aliphatic heterocycles. The minimum Gasteiger partial charge on any atom is -0.385 e. The summed E-state index contributed by atoms with van der Waals surface area (Å²) in [5, 5.41) is 0. The lowest BCUT2D eigenvalue weighted by molar-refractivity contribution is 0.771. The third-order valence-electron chi connectivity index (χ3n) is 2.42. The van der Waals surface area contributed by atoms with Crippen LogP contribution in [0.25, 0.3) is 5.52 Å². The summed E-state index contributed by atoms with van der Waals surface area (Å²) in [6.45, 7) is 6.27. The fourth-order valence-corrected chi connectivity index (χ4v) is 1.73. The Balaban J connectivity index is 2.86. The van der Waals surface area contributed by atoms with Crippen LogP contribution in [0.2, 0.25) is 0 Å². The molecule has 0 fully saturated rings. The molecule has 0 amide bonds. The molecule has 3 heteroatoms. The first-order valence-corrected chi connectivity index (χ1v) is 4.84. The van der Waals surface area contributed by atoms with Gasteiger partial charge in [-0.1, -0.05) is 19.9 Å². The van der Waals surface area contributed by atoms with Gasteiger partial charge in [0.1, 0.15) is 11.6 Å². The molecule has 2 aromatic heterocycles. The monoisotopic (exact) mass is 189 g/mol. The number of rotatable bonds is 1. The number of nitrogen functional groups attached to an aromatic ring is 1. The molecule has 0 atom stereocenters. The van der Waals surface area contributed by atoms with Gasteiger partial charge in [-0.15, -0.1) is 0 Å². The van der Waals surface area contributed by atoms with Gasteiger partial charge < -0.3 is 5.73 Å². The zero-order valence-electron chi connectivity index (χ0n) is 8.78. The zero-order chi connectivity index (χ0) is 10.3. The molecule has 0 aliphatic rings. The molecule has 0 spiro atoms. The maximum absolute atomic E-state index is 5.93. The van der Waals surface area contributed by atoms with E-state index in [9.17, 15) is 0 Å². The summed E-state index contributed by atoms with van der Waals surface area (Å²) in [7, 11) is 0. The Kier molecular flexibility index (Phi) is 1.95. The number of aryl methyl sites for hydroxylation is 1. The third-order valence-corrected chi connectivity index (χ3v) is 2.42. The number of hydrogen-bond donors (Lipinski definition) is 1. The summed E-state index contributed by atoms with van der Waals surface area (Å²) in [6, 6.07) is 5.91. The predicted octanol–water partition coefficient (Wildman–Crippen LogP) is 2.35. The highest BCUT2D eigenvalue weighted by Crippen LogP contribution is 2.21. The van der Waals surface area contributed by atoms with Crippen LogP contribution in [0.4, 0.5) is 5.82 Å². The van der Waals surface area contributed by atoms with Crippen LogP contribution >= 0.6 is 0 Å². The second-order valence-electron chi connectivity index (χ2n) is 3.88. The molecule has 2 heterocycles. The van der Waals surface area contributed by atoms with Gasteiger partial charge in [0.05, 0.1) is 11.2 Å². The number of nitrogens with two attached hydrogens (primary N) is 1. The number of anilines is 1. The highest BCUT2D eigenvalue weighted by Gasteiger charge is 2.11. The molecule has 2 N–H and O–H groups in total. The van der Waals surface area contributed by atoms with Crippen LogP contribution in [0.3, 0.4) is 0 Å². The van der Waals surface area contributed by atoms with Crippen molar-refractivity contribution in [3.8, 4) is 0 Å². The largest absolute Gasteiger partial charge is 0.385 e. The summed E-state index contributed by atoms with van der Waals surface area (Å²) in [4.78, 5) is 4.53. The first kappa shape index (κ1) is 9.06.